The molecule has 136 valence electrons. The Hall–Kier alpha value is -3.60. The van der Waals surface area contributed by atoms with Gasteiger partial charge in [0.25, 0.3) is 6.01 Å². The van der Waals surface area contributed by atoms with Gasteiger partial charge in [-0.15, -0.1) is 0 Å². The maximum Gasteiger partial charge on any atom is 0.299 e. The summed E-state index contributed by atoms with van der Waals surface area (Å²) >= 11 is 0. The molecule has 5 aromatic rings. The highest BCUT2D eigenvalue weighted by Crippen LogP contribution is 2.32. The normalized spacial score (nSPS) is 13.5. The highest BCUT2D eigenvalue weighted by Gasteiger charge is 2.23. The van der Waals surface area contributed by atoms with Crippen molar-refractivity contribution in [2.45, 2.75) is 13.1 Å². The van der Waals surface area contributed by atoms with Gasteiger partial charge in [-0.05, 0) is 53.1 Å². The molecule has 0 saturated heterocycles. The van der Waals surface area contributed by atoms with Crippen LogP contribution in [0.2, 0.25) is 0 Å². The molecule has 0 fully saturated rings. The zero-order valence-electron chi connectivity index (χ0n) is 15.5. The van der Waals surface area contributed by atoms with Gasteiger partial charge in [0, 0.05) is 36.9 Å². The Morgan fingerprint density at radius 3 is 2.79 bits per heavy atom. The SMILES string of the molecule is Cn1ccc2cc(-c3ccc4nc(N5Cc6cccnc6C5)oc4c3)ccc21. The van der Waals surface area contributed by atoms with Crippen molar-refractivity contribution in [1.29, 1.82) is 0 Å². The fraction of sp³-hybridized carbons (Fsp3) is 0.130. The van der Waals surface area contributed by atoms with Crippen molar-refractivity contribution in [3.8, 4) is 11.1 Å². The van der Waals surface area contributed by atoms with Crippen LogP contribution in [0.4, 0.5) is 6.01 Å². The lowest BCUT2D eigenvalue weighted by molar-refractivity contribution is 0.573. The first-order valence-electron chi connectivity index (χ1n) is 9.38. The zero-order chi connectivity index (χ0) is 18.7. The molecule has 0 amide bonds. The highest BCUT2D eigenvalue weighted by atomic mass is 16.4. The maximum atomic E-state index is 6.12. The van der Waals surface area contributed by atoms with Gasteiger partial charge in [-0.25, -0.2) is 0 Å². The molecule has 0 N–H and O–H groups in total. The third kappa shape index (κ3) is 2.33. The molecule has 0 spiro atoms. The van der Waals surface area contributed by atoms with Crippen LogP contribution in [0.15, 0.2) is 71.4 Å². The molecule has 1 aliphatic rings. The lowest BCUT2D eigenvalue weighted by atomic mass is 10.0. The summed E-state index contributed by atoms with van der Waals surface area (Å²) in [6, 6.07) is 19.7. The molecule has 0 bridgehead atoms. The van der Waals surface area contributed by atoms with Crippen molar-refractivity contribution in [3.63, 3.8) is 0 Å². The number of pyridine rings is 1. The molecular weight excluding hydrogens is 348 g/mol. The van der Waals surface area contributed by atoms with Gasteiger partial charge in [-0.2, -0.15) is 4.98 Å². The van der Waals surface area contributed by atoms with Crippen LogP contribution in [0.5, 0.6) is 0 Å². The standard InChI is InChI=1S/C23H18N4O/c1-26-10-8-17-11-15(5-7-21(17)26)16-4-6-19-22(12-16)28-23(25-19)27-13-18-3-2-9-24-20(18)14-27/h2-12H,13-14H2,1H3. The Bertz CT molecular complexity index is 1320. The van der Waals surface area contributed by atoms with Crippen LogP contribution in [0.1, 0.15) is 11.3 Å². The van der Waals surface area contributed by atoms with E-state index in [2.05, 4.69) is 70.2 Å². The fourth-order valence-electron chi connectivity index (χ4n) is 4.02. The summed E-state index contributed by atoms with van der Waals surface area (Å²) in [5, 5.41) is 1.24. The number of rotatable bonds is 2. The average Bonchev–Trinajstić information content (AvgIpc) is 3.43. The van der Waals surface area contributed by atoms with Crippen LogP contribution in [0.25, 0.3) is 33.1 Å². The smallest absolute Gasteiger partial charge is 0.299 e. The van der Waals surface area contributed by atoms with E-state index in [4.69, 9.17) is 9.40 Å². The van der Waals surface area contributed by atoms with Crippen molar-refractivity contribution < 1.29 is 4.42 Å². The predicted octanol–water partition coefficient (Wildman–Crippen LogP) is 4.90. The Labute approximate surface area is 161 Å². The molecule has 4 heterocycles. The van der Waals surface area contributed by atoms with Crippen LogP contribution in [-0.4, -0.2) is 14.5 Å². The largest absolute Gasteiger partial charge is 0.423 e. The third-order valence-electron chi connectivity index (χ3n) is 5.55. The Kier molecular flexibility index (Phi) is 3.14. The molecule has 3 aromatic heterocycles. The van der Waals surface area contributed by atoms with Gasteiger partial charge >= 0.3 is 0 Å². The van der Waals surface area contributed by atoms with Crippen molar-refractivity contribution in [2.75, 3.05) is 4.90 Å². The topological polar surface area (TPSA) is 47.1 Å². The van der Waals surface area contributed by atoms with Crippen LogP contribution in [0.3, 0.4) is 0 Å². The van der Waals surface area contributed by atoms with Gasteiger partial charge in [0.1, 0.15) is 5.52 Å². The average molecular weight is 366 g/mol. The van der Waals surface area contributed by atoms with Gasteiger partial charge < -0.3 is 13.9 Å². The molecule has 2 aromatic carbocycles. The summed E-state index contributed by atoms with van der Waals surface area (Å²) in [5.41, 5.74) is 7.56. The number of fused-ring (bicyclic) bond motifs is 3. The van der Waals surface area contributed by atoms with Crippen LogP contribution >= 0.6 is 0 Å². The molecule has 6 rings (SSSR count). The molecule has 5 heteroatoms. The van der Waals surface area contributed by atoms with E-state index in [-0.39, 0.29) is 0 Å². The van der Waals surface area contributed by atoms with Crippen molar-refractivity contribution >= 4 is 28.0 Å². The molecule has 5 nitrogen and oxygen atoms in total. The zero-order valence-corrected chi connectivity index (χ0v) is 15.5. The lowest BCUT2D eigenvalue weighted by Gasteiger charge is -2.10. The summed E-state index contributed by atoms with van der Waals surface area (Å²) < 4.78 is 8.25. The van der Waals surface area contributed by atoms with E-state index in [9.17, 15) is 0 Å². The first-order valence-corrected chi connectivity index (χ1v) is 9.38. The first-order chi connectivity index (χ1) is 13.7. The van der Waals surface area contributed by atoms with E-state index < -0.39 is 0 Å². The monoisotopic (exact) mass is 366 g/mol. The molecule has 0 saturated carbocycles. The second-order valence-electron chi connectivity index (χ2n) is 7.34. The minimum absolute atomic E-state index is 0.656. The van der Waals surface area contributed by atoms with Crippen LogP contribution in [0, 0.1) is 0 Å². The molecule has 28 heavy (non-hydrogen) atoms. The summed E-state index contributed by atoms with van der Waals surface area (Å²) in [5.74, 6) is 0. The van der Waals surface area contributed by atoms with Crippen molar-refractivity contribution in [2.24, 2.45) is 7.05 Å². The van der Waals surface area contributed by atoms with E-state index in [1.54, 1.807) is 0 Å². The number of nitrogens with zero attached hydrogens (tertiary/aromatic N) is 4. The maximum absolute atomic E-state index is 6.12. The number of benzene rings is 2. The second kappa shape index (κ2) is 5.70. The van der Waals surface area contributed by atoms with Gasteiger partial charge in [-0.3, -0.25) is 4.98 Å². The Morgan fingerprint density at radius 2 is 1.86 bits per heavy atom. The summed E-state index contributed by atoms with van der Waals surface area (Å²) in [4.78, 5) is 11.3. The molecular formula is C23H18N4O. The molecule has 0 aliphatic carbocycles. The van der Waals surface area contributed by atoms with Gasteiger partial charge in [0.2, 0.25) is 0 Å². The number of hydrogen-bond donors (Lipinski definition) is 0. The highest BCUT2D eigenvalue weighted by molar-refractivity contribution is 5.88. The number of anilines is 1. The summed E-state index contributed by atoms with van der Waals surface area (Å²) in [7, 11) is 2.07. The van der Waals surface area contributed by atoms with E-state index in [1.807, 2.05) is 18.3 Å². The number of hydrogen-bond acceptors (Lipinski definition) is 4. The van der Waals surface area contributed by atoms with Crippen LogP contribution in [-0.2, 0) is 20.1 Å². The van der Waals surface area contributed by atoms with Gasteiger partial charge in [0.15, 0.2) is 5.58 Å². The van der Waals surface area contributed by atoms with Crippen LogP contribution < -0.4 is 4.90 Å². The van der Waals surface area contributed by atoms with E-state index in [1.165, 1.54) is 22.0 Å². The van der Waals surface area contributed by atoms with E-state index in [0.717, 1.165) is 35.4 Å². The number of aryl methyl sites for hydroxylation is 1. The second-order valence-corrected chi connectivity index (χ2v) is 7.34. The summed E-state index contributed by atoms with van der Waals surface area (Å²) in [6.07, 6.45) is 3.92. The predicted molar refractivity (Wildman–Crippen MR) is 110 cm³/mol. The van der Waals surface area contributed by atoms with Gasteiger partial charge in [0.05, 0.1) is 12.2 Å². The third-order valence-corrected chi connectivity index (χ3v) is 5.55. The van der Waals surface area contributed by atoms with Crippen molar-refractivity contribution in [3.05, 3.63) is 78.2 Å². The molecule has 0 atom stereocenters. The number of aromatic nitrogens is 3. The minimum atomic E-state index is 0.656. The molecule has 0 radical (unpaired) electrons. The van der Waals surface area contributed by atoms with Gasteiger partial charge in [-0.1, -0.05) is 18.2 Å². The fourth-order valence-corrected chi connectivity index (χ4v) is 4.02. The van der Waals surface area contributed by atoms with E-state index in [0.29, 0.717) is 6.01 Å². The van der Waals surface area contributed by atoms with E-state index >= 15 is 0 Å². The summed E-state index contributed by atoms with van der Waals surface area (Å²) in [6.45, 7) is 1.52. The first kappa shape index (κ1) is 15.5. The minimum Gasteiger partial charge on any atom is -0.423 e. The molecule has 1 aliphatic heterocycles. The number of oxazole rings is 1. The Morgan fingerprint density at radius 1 is 0.964 bits per heavy atom. The Balaban J connectivity index is 1.37. The van der Waals surface area contributed by atoms with Crippen molar-refractivity contribution in [1.82, 2.24) is 14.5 Å². The molecule has 0 unspecified atom stereocenters. The quantitative estimate of drug-likeness (QED) is 0.446. The lowest BCUT2D eigenvalue weighted by Crippen LogP contribution is -2.14.